The van der Waals surface area contributed by atoms with Gasteiger partial charge in [-0.15, -0.1) is 0 Å². The molecular formula is C12H18N2O5. The number of nitrogens with zero attached hydrogens (tertiary/aromatic N) is 2. The molecule has 0 bridgehead atoms. The molecule has 0 spiro atoms. The van der Waals surface area contributed by atoms with E-state index in [9.17, 15) is 20.2 Å². The number of ether oxygens (including phenoxy) is 1. The average molecular weight is 270 g/mol. The summed E-state index contributed by atoms with van der Waals surface area (Å²) in [6.45, 7) is 6.09. The SMILES string of the molecule is CCCOCCC.O=[N+]([O-])c1ccccc1[N+](=O)[O-]. The fraction of sp³-hybridized carbons (Fsp3) is 0.500. The first kappa shape index (κ1) is 17.0. The number of nitro groups is 2. The Bertz CT molecular complexity index is 372. The smallest absolute Gasteiger partial charge is 0.346 e. The molecule has 7 nitrogen and oxygen atoms in total. The number of hydrogen-bond donors (Lipinski definition) is 0. The van der Waals surface area contributed by atoms with Crippen molar-refractivity contribution in [3.63, 3.8) is 0 Å². The lowest BCUT2D eigenvalue weighted by atomic mass is 10.3. The zero-order chi connectivity index (χ0) is 14.7. The molecular weight excluding hydrogens is 252 g/mol. The lowest BCUT2D eigenvalue weighted by molar-refractivity contribution is -0.422. The maximum atomic E-state index is 10.2. The van der Waals surface area contributed by atoms with Crippen molar-refractivity contribution >= 4 is 11.4 Å². The van der Waals surface area contributed by atoms with Crippen LogP contribution in [0, 0.1) is 20.2 Å². The van der Waals surface area contributed by atoms with Gasteiger partial charge in [0.05, 0.1) is 9.85 Å². The first-order valence-electron chi connectivity index (χ1n) is 6.00. The molecule has 0 radical (unpaired) electrons. The van der Waals surface area contributed by atoms with Crippen LogP contribution >= 0.6 is 0 Å². The maximum absolute atomic E-state index is 10.2. The van der Waals surface area contributed by atoms with E-state index in [2.05, 4.69) is 13.8 Å². The molecule has 0 amide bonds. The molecule has 0 atom stereocenters. The topological polar surface area (TPSA) is 95.5 Å². The highest BCUT2D eigenvalue weighted by Gasteiger charge is 2.21. The highest BCUT2D eigenvalue weighted by molar-refractivity contribution is 5.51. The van der Waals surface area contributed by atoms with Crippen LogP contribution in [0.4, 0.5) is 11.4 Å². The van der Waals surface area contributed by atoms with Gasteiger partial charge in [-0.25, -0.2) is 0 Å². The van der Waals surface area contributed by atoms with Crippen LogP contribution in [-0.2, 0) is 4.74 Å². The Morgan fingerprint density at radius 2 is 1.32 bits per heavy atom. The first-order valence-corrected chi connectivity index (χ1v) is 6.00. The summed E-state index contributed by atoms with van der Waals surface area (Å²) >= 11 is 0. The minimum absolute atomic E-state index is 0.484. The van der Waals surface area contributed by atoms with Crippen molar-refractivity contribution in [1.29, 1.82) is 0 Å². The van der Waals surface area contributed by atoms with E-state index in [-0.39, 0.29) is 0 Å². The van der Waals surface area contributed by atoms with Crippen molar-refractivity contribution in [3.8, 4) is 0 Å². The van der Waals surface area contributed by atoms with Crippen LogP contribution in [0.2, 0.25) is 0 Å². The molecule has 1 aromatic rings. The fourth-order valence-electron chi connectivity index (χ4n) is 1.16. The van der Waals surface area contributed by atoms with Crippen LogP contribution in [0.1, 0.15) is 26.7 Å². The van der Waals surface area contributed by atoms with Gasteiger partial charge in [0, 0.05) is 25.3 Å². The van der Waals surface area contributed by atoms with Crippen molar-refractivity contribution in [2.24, 2.45) is 0 Å². The largest absolute Gasteiger partial charge is 0.381 e. The molecule has 1 rings (SSSR count). The fourth-order valence-corrected chi connectivity index (χ4v) is 1.16. The van der Waals surface area contributed by atoms with Gasteiger partial charge in [0.15, 0.2) is 0 Å². The summed E-state index contributed by atoms with van der Waals surface area (Å²) in [5.41, 5.74) is -0.968. The van der Waals surface area contributed by atoms with E-state index in [1.165, 1.54) is 12.1 Å². The standard InChI is InChI=1S/C6H4N2O4.C6H14O/c9-7(10)5-3-1-2-4-6(5)8(11)12;1-3-5-7-6-4-2/h1-4H;3-6H2,1-2H3. The average Bonchev–Trinajstić information content (AvgIpc) is 2.40. The van der Waals surface area contributed by atoms with Gasteiger partial charge in [-0.3, -0.25) is 20.2 Å². The van der Waals surface area contributed by atoms with E-state index in [0.29, 0.717) is 0 Å². The Morgan fingerprint density at radius 3 is 1.58 bits per heavy atom. The summed E-state index contributed by atoms with van der Waals surface area (Å²) < 4.78 is 5.13. The number of nitro benzene ring substituents is 2. The summed E-state index contributed by atoms with van der Waals surface area (Å²) in [6, 6.07) is 4.95. The van der Waals surface area contributed by atoms with Crippen LogP contribution in [-0.4, -0.2) is 23.1 Å². The Morgan fingerprint density at radius 1 is 0.947 bits per heavy atom. The summed E-state index contributed by atoms with van der Waals surface area (Å²) in [6.07, 6.45) is 2.28. The third kappa shape index (κ3) is 7.10. The van der Waals surface area contributed by atoms with Gasteiger partial charge in [0.2, 0.25) is 0 Å². The Labute approximate surface area is 111 Å². The van der Waals surface area contributed by atoms with Gasteiger partial charge in [0.1, 0.15) is 0 Å². The Hall–Kier alpha value is -2.02. The molecule has 0 aliphatic heterocycles. The van der Waals surface area contributed by atoms with Crippen molar-refractivity contribution < 1.29 is 14.6 Å². The van der Waals surface area contributed by atoms with Crippen LogP contribution in [0.15, 0.2) is 24.3 Å². The number of hydrogen-bond acceptors (Lipinski definition) is 5. The molecule has 106 valence electrons. The summed E-state index contributed by atoms with van der Waals surface area (Å²) in [5.74, 6) is 0. The molecule has 0 saturated carbocycles. The second-order valence-electron chi connectivity index (χ2n) is 3.62. The van der Waals surface area contributed by atoms with Crippen LogP contribution < -0.4 is 0 Å². The summed E-state index contributed by atoms with van der Waals surface area (Å²) in [4.78, 5) is 18.9. The highest BCUT2D eigenvalue weighted by Crippen LogP contribution is 2.24. The Kier molecular flexibility index (Phi) is 8.90. The Balaban J connectivity index is 0.000000399. The van der Waals surface area contributed by atoms with Crippen molar-refractivity contribution in [3.05, 3.63) is 44.5 Å². The monoisotopic (exact) mass is 270 g/mol. The van der Waals surface area contributed by atoms with E-state index in [0.717, 1.165) is 38.2 Å². The van der Waals surface area contributed by atoms with Gasteiger partial charge in [-0.2, -0.15) is 0 Å². The van der Waals surface area contributed by atoms with Gasteiger partial charge in [-0.1, -0.05) is 26.0 Å². The third-order valence-corrected chi connectivity index (χ3v) is 1.97. The summed E-state index contributed by atoms with van der Waals surface area (Å²) in [7, 11) is 0. The molecule has 0 saturated heterocycles. The number of rotatable bonds is 6. The molecule has 0 aliphatic carbocycles. The zero-order valence-corrected chi connectivity index (χ0v) is 11.1. The predicted octanol–water partition coefficient (Wildman–Crippen LogP) is 3.33. The van der Waals surface area contributed by atoms with Crippen LogP contribution in [0.25, 0.3) is 0 Å². The molecule has 7 heteroatoms. The van der Waals surface area contributed by atoms with E-state index in [4.69, 9.17) is 4.74 Å². The lowest BCUT2D eigenvalue weighted by Gasteiger charge is -1.95. The molecule has 1 aromatic carbocycles. The molecule has 0 heterocycles. The second-order valence-corrected chi connectivity index (χ2v) is 3.62. The predicted molar refractivity (Wildman–Crippen MR) is 71.2 cm³/mol. The second kappa shape index (κ2) is 9.95. The minimum atomic E-state index is -0.780. The maximum Gasteiger partial charge on any atom is 0.346 e. The van der Waals surface area contributed by atoms with E-state index >= 15 is 0 Å². The quantitative estimate of drug-likeness (QED) is 0.448. The number of para-hydroxylation sites is 2. The molecule has 0 unspecified atom stereocenters. The molecule has 0 aliphatic rings. The van der Waals surface area contributed by atoms with Gasteiger partial charge < -0.3 is 4.74 Å². The van der Waals surface area contributed by atoms with Gasteiger partial charge in [-0.05, 0) is 12.8 Å². The molecule has 0 aromatic heterocycles. The zero-order valence-electron chi connectivity index (χ0n) is 11.1. The third-order valence-electron chi connectivity index (χ3n) is 1.97. The van der Waals surface area contributed by atoms with E-state index < -0.39 is 21.2 Å². The van der Waals surface area contributed by atoms with Crippen molar-refractivity contribution in [2.75, 3.05) is 13.2 Å². The molecule has 19 heavy (non-hydrogen) atoms. The van der Waals surface area contributed by atoms with Gasteiger partial charge >= 0.3 is 11.4 Å². The van der Waals surface area contributed by atoms with Crippen molar-refractivity contribution in [1.82, 2.24) is 0 Å². The summed E-state index contributed by atoms with van der Waals surface area (Å²) in [5, 5.41) is 20.5. The first-order chi connectivity index (χ1) is 9.04. The van der Waals surface area contributed by atoms with E-state index in [1.807, 2.05) is 0 Å². The van der Waals surface area contributed by atoms with Crippen molar-refractivity contribution in [2.45, 2.75) is 26.7 Å². The minimum Gasteiger partial charge on any atom is -0.381 e. The lowest BCUT2D eigenvalue weighted by Crippen LogP contribution is -1.95. The molecule has 0 fully saturated rings. The van der Waals surface area contributed by atoms with Gasteiger partial charge in [0.25, 0.3) is 0 Å². The number of benzene rings is 1. The normalized spacial score (nSPS) is 9.37. The van der Waals surface area contributed by atoms with E-state index in [1.54, 1.807) is 0 Å². The van der Waals surface area contributed by atoms with Crippen LogP contribution in [0.5, 0.6) is 0 Å². The molecule has 0 N–H and O–H groups in total. The van der Waals surface area contributed by atoms with Crippen LogP contribution in [0.3, 0.4) is 0 Å². The highest BCUT2D eigenvalue weighted by atomic mass is 16.6.